The van der Waals surface area contributed by atoms with E-state index in [0.29, 0.717) is 11.3 Å². The highest BCUT2D eigenvalue weighted by molar-refractivity contribution is 8.00. The van der Waals surface area contributed by atoms with E-state index in [4.69, 9.17) is 0 Å². The van der Waals surface area contributed by atoms with Gasteiger partial charge in [0.05, 0.1) is 5.25 Å². The molecule has 2 aromatic heterocycles. The summed E-state index contributed by atoms with van der Waals surface area (Å²) in [5.41, 5.74) is 2.46. The first-order valence-corrected chi connectivity index (χ1v) is 9.85. The number of thioether (sulfide) groups is 1. The Bertz CT molecular complexity index is 980. The van der Waals surface area contributed by atoms with Crippen LogP contribution in [0.3, 0.4) is 0 Å². The molecule has 0 fully saturated rings. The Morgan fingerprint density at radius 3 is 2.50 bits per heavy atom. The van der Waals surface area contributed by atoms with Gasteiger partial charge in [0.15, 0.2) is 5.78 Å². The van der Waals surface area contributed by atoms with Crippen molar-refractivity contribution < 1.29 is 9.59 Å². The summed E-state index contributed by atoms with van der Waals surface area (Å²) in [6.07, 6.45) is 1.55. The largest absolute Gasteiger partial charge is 0.325 e. The number of thiophene rings is 1. The maximum absolute atomic E-state index is 12.5. The molecule has 0 unspecified atom stereocenters. The standard InChI is InChI=1S/C19H19N3O2S2/c1-10-12(3)25-18-16(10)19(21-9-20-18)26-13(4)17(24)22-15-7-5-14(6-8-15)11(2)23/h5-9,13H,1-4H3,(H,22,24)/t13-/m0/s1. The van der Waals surface area contributed by atoms with Crippen LogP contribution in [0.5, 0.6) is 0 Å². The van der Waals surface area contributed by atoms with E-state index in [1.54, 1.807) is 41.9 Å². The Labute approximate surface area is 160 Å². The Balaban J connectivity index is 1.74. The molecular formula is C19H19N3O2S2. The molecule has 1 atom stereocenters. The predicted octanol–water partition coefficient (Wildman–Crippen LogP) is 4.63. The fraction of sp³-hybridized carbons (Fsp3) is 0.263. The summed E-state index contributed by atoms with van der Waals surface area (Å²) in [6, 6.07) is 6.89. The fourth-order valence-electron chi connectivity index (χ4n) is 2.49. The summed E-state index contributed by atoms with van der Waals surface area (Å²) in [6.45, 7) is 7.50. The zero-order valence-electron chi connectivity index (χ0n) is 15.0. The van der Waals surface area contributed by atoms with Gasteiger partial charge in [0.1, 0.15) is 16.2 Å². The molecule has 1 aromatic carbocycles. The van der Waals surface area contributed by atoms with Crippen molar-refractivity contribution in [2.45, 2.75) is 38.0 Å². The monoisotopic (exact) mass is 385 g/mol. The van der Waals surface area contributed by atoms with Gasteiger partial charge in [-0.05, 0) is 57.5 Å². The van der Waals surface area contributed by atoms with Crippen LogP contribution in [-0.4, -0.2) is 26.9 Å². The number of benzene rings is 1. The first-order valence-electron chi connectivity index (χ1n) is 8.16. The molecule has 134 valence electrons. The van der Waals surface area contributed by atoms with Crippen LogP contribution in [0, 0.1) is 13.8 Å². The molecule has 1 amide bonds. The second kappa shape index (κ2) is 7.55. The highest BCUT2D eigenvalue weighted by Crippen LogP contribution is 2.36. The number of aromatic nitrogens is 2. The second-order valence-corrected chi connectivity index (χ2v) is 8.56. The molecule has 0 saturated heterocycles. The summed E-state index contributed by atoms with van der Waals surface area (Å²) in [4.78, 5) is 34.7. The van der Waals surface area contributed by atoms with Crippen LogP contribution in [0.25, 0.3) is 10.2 Å². The molecule has 0 bridgehead atoms. The zero-order valence-corrected chi connectivity index (χ0v) is 16.6. The number of carbonyl (C=O) groups excluding carboxylic acids is 2. The quantitative estimate of drug-likeness (QED) is 0.394. The summed E-state index contributed by atoms with van der Waals surface area (Å²) in [5, 5.41) is 4.42. The first kappa shape index (κ1) is 18.5. The number of ketones is 1. The van der Waals surface area contributed by atoms with Gasteiger partial charge in [-0.25, -0.2) is 9.97 Å². The molecule has 26 heavy (non-hydrogen) atoms. The van der Waals surface area contributed by atoms with Crippen molar-refractivity contribution >= 4 is 50.7 Å². The summed E-state index contributed by atoms with van der Waals surface area (Å²) in [7, 11) is 0. The van der Waals surface area contributed by atoms with Gasteiger partial charge in [-0.15, -0.1) is 11.3 Å². The molecule has 0 aliphatic carbocycles. The number of hydrogen-bond donors (Lipinski definition) is 1. The van der Waals surface area contributed by atoms with Crippen LogP contribution in [0.4, 0.5) is 5.69 Å². The molecule has 2 heterocycles. The van der Waals surface area contributed by atoms with Gasteiger partial charge in [-0.3, -0.25) is 9.59 Å². The van der Waals surface area contributed by atoms with E-state index in [0.717, 1.165) is 15.2 Å². The Kier molecular flexibility index (Phi) is 5.38. The fourth-order valence-corrected chi connectivity index (χ4v) is 4.53. The van der Waals surface area contributed by atoms with E-state index in [9.17, 15) is 9.59 Å². The van der Waals surface area contributed by atoms with E-state index < -0.39 is 0 Å². The lowest BCUT2D eigenvalue weighted by atomic mass is 10.1. The van der Waals surface area contributed by atoms with Crippen molar-refractivity contribution in [3.63, 3.8) is 0 Å². The van der Waals surface area contributed by atoms with E-state index >= 15 is 0 Å². The normalized spacial score (nSPS) is 12.2. The average molecular weight is 386 g/mol. The summed E-state index contributed by atoms with van der Waals surface area (Å²) >= 11 is 3.07. The number of amides is 1. The van der Waals surface area contributed by atoms with E-state index in [2.05, 4.69) is 29.1 Å². The van der Waals surface area contributed by atoms with E-state index in [-0.39, 0.29) is 16.9 Å². The van der Waals surface area contributed by atoms with Crippen LogP contribution in [0.1, 0.15) is 34.6 Å². The minimum atomic E-state index is -0.319. The zero-order chi connectivity index (χ0) is 18.8. The van der Waals surface area contributed by atoms with Crippen molar-refractivity contribution in [1.29, 1.82) is 0 Å². The number of Topliss-reactive ketones (excluding diaryl/α,β-unsaturated/α-hetero) is 1. The minimum absolute atomic E-state index is 0.000930. The third-order valence-corrected chi connectivity index (χ3v) is 6.36. The smallest absolute Gasteiger partial charge is 0.237 e. The van der Waals surface area contributed by atoms with Crippen molar-refractivity contribution in [3.05, 3.63) is 46.6 Å². The van der Waals surface area contributed by atoms with Crippen LogP contribution in [0.15, 0.2) is 35.6 Å². The Hall–Kier alpha value is -2.25. The van der Waals surface area contributed by atoms with Crippen LogP contribution >= 0.6 is 23.1 Å². The summed E-state index contributed by atoms with van der Waals surface area (Å²) < 4.78 is 0. The van der Waals surface area contributed by atoms with Crippen LogP contribution in [0.2, 0.25) is 0 Å². The molecular weight excluding hydrogens is 366 g/mol. The molecule has 3 rings (SSSR count). The van der Waals surface area contributed by atoms with Crippen molar-refractivity contribution in [1.82, 2.24) is 9.97 Å². The van der Waals surface area contributed by atoms with Crippen LogP contribution in [-0.2, 0) is 4.79 Å². The molecule has 3 aromatic rings. The number of nitrogens with one attached hydrogen (secondary N) is 1. The Morgan fingerprint density at radius 1 is 1.15 bits per heavy atom. The van der Waals surface area contributed by atoms with E-state index in [1.807, 2.05) is 6.92 Å². The lowest BCUT2D eigenvalue weighted by molar-refractivity contribution is -0.115. The molecule has 1 N–H and O–H groups in total. The van der Waals surface area contributed by atoms with Gasteiger partial charge < -0.3 is 5.32 Å². The average Bonchev–Trinajstić information content (AvgIpc) is 2.90. The molecule has 0 aliphatic heterocycles. The van der Waals surface area contributed by atoms with Crippen molar-refractivity contribution in [2.75, 3.05) is 5.32 Å². The van der Waals surface area contributed by atoms with Gasteiger partial charge in [-0.1, -0.05) is 11.8 Å². The number of hydrogen-bond acceptors (Lipinski definition) is 6. The SMILES string of the molecule is CC(=O)c1ccc(NC(=O)[C@H](C)Sc2ncnc3sc(C)c(C)c23)cc1. The number of fused-ring (bicyclic) bond motifs is 1. The van der Waals surface area contributed by atoms with Gasteiger partial charge in [-0.2, -0.15) is 0 Å². The molecule has 5 nitrogen and oxygen atoms in total. The van der Waals surface area contributed by atoms with Gasteiger partial charge >= 0.3 is 0 Å². The number of anilines is 1. The second-order valence-electron chi connectivity index (χ2n) is 6.03. The topological polar surface area (TPSA) is 72.0 Å². The lowest BCUT2D eigenvalue weighted by Gasteiger charge is -2.12. The highest BCUT2D eigenvalue weighted by atomic mass is 32.2. The van der Waals surface area contributed by atoms with Crippen molar-refractivity contribution in [3.8, 4) is 0 Å². The lowest BCUT2D eigenvalue weighted by Crippen LogP contribution is -2.22. The van der Waals surface area contributed by atoms with Gasteiger partial charge in [0.25, 0.3) is 0 Å². The number of nitrogens with zero attached hydrogens (tertiary/aromatic N) is 2. The summed E-state index contributed by atoms with van der Waals surface area (Å²) in [5.74, 6) is -0.108. The molecule has 0 saturated carbocycles. The highest BCUT2D eigenvalue weighted by Gasteiger charge is 2.19. The Morgan fingerprint density at radius 2 is 1.85 bits per heavy atom. The predicted molar refractivity (Wildman–Crippen MR) is 107 cm³/mol. The third-order valence-electron chi connectivity index (χ3n) is 4.15. The van der Waals surface area contributed by atoms with Crippen molar-refractivity contribution in [2.24, 2.45) is 0 Å². The first-order chi connectivity index (χ1) is 12.4. The number of rotatable bonds is 5. The minimum Gasteiger partial charge on any atom is -0.325 e. The van der Waals surface area contributed by atoms with Gasteiger partial charge in [0.2, 0.25) is 5.91 Å². The molecule has 7 heteroatoms. The maximum Gasteiger partial charge on any atom is 0.237 e. The van der Waals surface area contributed by atoms with Gasteiger partial charge in [0, 0.05) is 21.5 Å². The number of aryl methyl sites for hydroxylation is 2. The third kappa shape index (κ3) is 3.78. The molecule has 0 spiro atoms. The number of carbonyl (C=O) groups is 2. The molecule has 0 radical (unpaired) electrons. The van der Waals surface area contributed by atoms with Crippen LogP contribution < -0.4 is 5.32 Å². The maximum atomic E-state index is 12.5. The molecule has 0 aliphatic rings. The van der Waals surface area contributed by atoms with E-state index in [1.165, 1.54) is 29.1 Å².